The van der Waals surface area contributed by atoms with E-state index in [2.05, 4.69) is 21.8 Å². The Hall–Kier alpha value is -3.23. The second kappa shape index (κ2) is 11.7. The average Bonchev–Trinajstić information content (AvgIpc) is 3.25. The molecule has 2 heterocycles. The van der Waals surface area contributed by atoms with Crippen molar-refractivity contribution in [1.29, 1.82) is 0 Å². The molecule has 0 bridgehead atoms. The van der Waals surface area contributed by atoms with E-state index in [1.54, 1.807) is 4.90 Å². The van der Waals surface area contributed by atoms with Crippen LogP contribution in [-0.2, 0) is 28.4 Å². The van der Waals surface area contributed by atoms with E-state index in [0.29, 0.717) is 12.1 Å². The fraction of sp³-hybridized carbons (Fsp3) is 0.417. The van der Waals surface area contributed by atoms with E-state index < -0.39 is 53.4 Å². The van der Waals surface area contributed by atoms with E-state index in [1.165, 1.54) is 26.0 Å². The van der Waals surface area contributed by atoms with Gasteiger partial charge < -0.3 is 9.47 Å². The number of rotatable bonds is 8. The first-order valence-electron chi connectivity index (χ1n) is 11.3. The summed E-state index contributed by atoms with van der Waals surface area (Å²) in [5.41, 5.74) is -3.67. The minimum absolute atomic E-state index is 0.0327. The summed E-state index contributed by atoms with van der Waals surface area (Å²) in [5, 5.41) is 4.88. The summed E-state index contributed by atoms with van der Waals surface area (Å²) in [7, 11) is 0. The lowest BCUT2D eigenvalue weighted by atomic mass is 10.0. The van der Waals surface area contributed by atoms with Crippen molar-refractivity contribution in [3.05, 3.63) is 87.4 Å². The SMILES string of the molecule is C=C(/C=C\C(F)=C/C)[C@H]1[C@@H](O[C@H](C)c2cc(C(F)(F)F)cc(C(F)(F)F)c2)OCCN1Cc1nc(=O)[nH][nH]1. The van der Waals surface area contributed by atoms with Crippen LogP contribution < -0.4 is 5.69 Å². The van der Waals surface area contributed by atoms with Crippen molar-refractivity contribution in [2.24, 2.45) is 0 Å². The molecule has 1 aromatic heterocycles. The molecule has 0 spiro atoms. The maximum absolute atomic E-state index is 13.7. The predicted molar refractivity (Wildman–Crippen MR) is 122 cm³/mol. The molecule has 2 N–H and O–H groups in total. The zero-order valence-corrected chi connectivity index (χ0v) is 20.3. The topological polar surface area (TPSA) is 83.2 Å². The Balaban J connectivity index is 1.94. The van der Waals surface area contributed by atoms with Gasteiger partial charge in [-0.15, -0.1) is 0 Å². The third-order valence-corrected chi connectivity index (χ3v) is 5.74. The van der Waals surface area contributed by atoms with Gasteiger partial charge >= 0.3 is 18.0 Å². The molecule has 7 nitrogen and oxygen atoms in total. The third-order valence-electron chi connectivity index (χ3n) is 5.74. The van der Waals surface area contributed by atoms with Crippen LogP contribution in [0, 0.1) is 0 Å². The normalized spacial score (nSPS) is 20.7. The molecule has 0 aliphatic carbocycles. The third kappa shape index (κ3) is 7.42. The molecule has 1 fully saturated rings. The van der Waals surface area contributed by atoms with Crippen LogP contribution in [0.15, 0.2) is 59.2 Å². The Morgan fingerprint density at radius 1 is 1.18 bits per heavy atom. The quantitative estimate of drug-likeness (QED) is 0.339. The Kier molecular flexibility index (Phi) is 9.00. The van der Waals surface area contributed by atoms with Crippen LogP contribution in [0.5, 0.6) is 0 Å². The van der Waals surface area contributed by atoms with Crippen LogP contribution in [0.25, 0.3) is 0 Å². The average molecular weight is 550 g/mol. The second-order valence-corrected chi connectivity index (χ2v) is 8.47. The molecule has 3 rings (SSSR count). The Morgan fingerprint density at radius 2 is 1.82 bits per heavy atom. The summed E-state index contributed by atoms with van der Waals surface area (Å²) in [6, 6.07) is 0.339. The number of benzene rings is 1. The number of ether oxygens (including phenoxy) is 2. The highest BCUT2D eigenvalue weighted by Crippen LogP contribution is 2.38. The first kappa shape index (κ1) is 29.3. The number of allylic oxidation sites excluding steroid dienone is 3. The van der Waals surface area contributed by atoms with Gasteiger partial charge in [0.15, 0.2) is 6.29 Å². The monoisotopic (exact) mass is 550 g/mol. The number of aromatic amines is 2. The van der Waals surface area contributed by atoms with Gasteiger partial charge in [0.2, 0.25) is 0 Å². The first-order chi connectivity index (χ1) is 17.7. The van der Waals surface area contributed by atoms with E-state index in [4.69, 9.17) is 9.47 Å². The molecule has 2 aromatic rings. The van der Waals surface area contributed by atoms with E-state index in [1.807, 2.05) is 0 Å². The molecule has 1 aliphatic heterocycles. The van der Waals surface area contributed by atoms with Gasteiger partial charge in [-0.1, -0.05) is 18.7 Å². The highest BCUT2D eigenvalue weighted by atomic mass is 19.4. The van der Waals surface area contributed by atoms with Crippen molar-refractivity contribution in [3.63, 3.8) is 0 Å². The molecule has 1 aromatic carbocycles. The van der Waals surface area contributed by atoms with Crippen LogP contribution in [0.1, 0.15) is 42.5 Å². The number of hydrogen-bond donors (Lipinski definition) is 2. The molecule has 38 heavy (non-hydrogen) atoms. The lowest BCUT2D eigenvalue weighted by Crippen LogP contribution is -2.52. The zero-order valence-electron chi connectivity index (χ0n) is 20.3. The van der Waals surface area contributed by atoms with Crippen LogP contribution in [0.4, 0.5) is 30.7 Å². The Morgan fingerprint density at radius 3 is 2.34 bits per heavy atom. The number of hydrogen-bond acceptors (Lipinski definition) is 5. The smallest absolute Gasteiger partial charge is 0.349 e. The number of alkyl halides is 6. The van der Waals surface area contributed by atoms with Crippen molar-refractivity contribution in [2.45, 2.75) is 51.2 Å². The number of aromatic nitrogens is 3. The maximum Gasteiger partial charge on any atom is 0.416 e. The fourth-order valence-corrected chi connectivity index (χ4v) is 3.84. The van der Waals surface area contributed by atoms with Crippen molar-refractivity contribution in [2.75, 3.05) is 13.2 Å². The Bertz CT molecular complexity index is 1210. The summed E-state index contributed by atoms with van der Waals surface area (Å²) in [5.74, 6) is -0.321. The van der Waals surface area contributed by atoms with E-state index in [-0.39, 0.29) is 42.7 Å². The number of halogens is 7. The highest BCUT2D eigenvalue weighted by Gasteiger charge is 2.39. The van der Waals surface area contributed by atoms with Gasteiger partial charge in [-0.3, -0.25) is 10.00 Å². The van der Waals surface area contributed by atoms with Gasteiger partial charge in [0.25, 0.3) is 0 Å². The summed E-state index contributed by atoms with van der Waals surface area (Å²) in [6.07, 6.45) is -8.86. The van der Waals surface area contributed by atoms with Crippen molar-refractivity contribution < 1.29 is 40.2 Å². The van der Waals surface area contributed by atoms with Crippen LogP contribution in [0.2, 0.25) is 0 Å². The molecule has 0 amide bonds. The molecule has 3 atom stereocenters. The minimum Gasteiger partial charge on any atom is -0.349 e. The molecule has 0 radical (unpaired) electrons. The maximum atomic E-state index is 13.7. The molecular formula is C24H25F7N4O3. The standard InChI is InChI=1S/C24H25F7N4O3/c1-4-18(25)6-5-13(2)20-21(37-8-7-35(20)12-19-32-22(36)34-33-19)38-14(3)15-9-16(23(26,27)28)11-17(10-15)24(29,30)31/h4-6,9-11,14,20-21H,2,7-8,12H2,1,3H3,(H2,32,33,34,36)/b6-5-,18-4+/t14-,20+,21-/m1/s1. The van der Waals surface area contributed by atoms with Crippen molar-refractivity contribution in [3.8, 4) is 0 Å². The molecule has 14 heteroatoms. The van der Waals surface area contributed by atoms with Gasteiger partial charge in [0, 0.05) is 6.54 Å². The Labute approximate surface area is 212 Å². The van der Waals surface area contributed by atoms with Gasteiger partial charge in [-0.2, -0.15) is 31.3 Å². The minimum atomic E-state index is -5.02. The predicted octanol–water partition coefficient (Wildman–Crippen LogP) is 5.43. The van der Waals surface area contributed by atoms with Crippen LogP contribution in [0.3, 0.4) is 0 Å². The summed E-state index contributed by atoms with van der Waals surface area (Å²) < 4.78 is 105. The van der Waals surface area contributed by atoms with Crippen LogP contribution in [-0.4, -0.2) is 45.6 Å². The number of nitrogens with zero attached hydrogens (tertiary/aromatic N) is 2. The molecule has 0 saturated carbocycles. The van der Waals surface area contributed by atoms with Crippen molar-refractivity contribution in [1.82, 2.24) is 20.1 Å². The second-order valence-electron chi connectivity index (χ2n) is 8.47. The summed E-state index contributed by atoms with van der Waals surface area (Å²) in [6.45, 7) is 7.09. The molecule has 1 saturated heterocycles. The first-order valence-corrected chi connectivity index (χ1v) is 11.3. The molecular weight excluding hydrogens is 525 g/mol. The van der Waals surface area contributed by atoms with Crippen LogP contribution >= 0.6 is 0 Å². The lowest BCUT2D eigenvalue weighted by molar-refractivity contribution is -0.220. The van der Waals surface area contributed by atoms with Crippen molar-refractivity contribution >= 4 is 0 Å². The van der Waals surface area contributed by atoms with E-state index in [0.717, 1.165) is 6.08 Å². The number of nitrogens with one attached hydrogen (secondary N) is 2. The number of H-pyrrole nitrogens is 2. The largest absolute Gasteiger partial charge is 0.416 e. The molecule has 0 unspecified atom stereocenters. The fourth-order valence-electron chi connectivity index (χ4n) is 3.84. The van der Waals surface area contributed by atoms with Gasteiger partial charge in [0.1, 0.15) is 11.7 Å². The summed E-state index contributed by atoms with van der Waals surface area (Å²) in [4.78, 5) is 16.9. The molecule has 1 aliphatic rings. The highest BCUT2D eigenvalue weighted by molar-refractivity contribution is 5.35. The van der Waals surface area contributed by atoms with Gasteiger partial charge in [0.05, 0.1) is 36.4 Å². The van der Waals surface area contributed by atoms with Gasteiger partial charge in [-0.25, -0.2) is 14.3 Å². The molecule has 208 valence electrons. The summed E-state index contributed by atoms with van der Waals surface area (Å²) >= 11 is 0. The lowest BCUT2D eigenvalue weighted by Gasteiger charge is -2.41. The van der Waals surface area contributed by atoms with E-state index in [9.17, 15) is 35.5 Å². The van der Waals surface area contributed by atoms with Gasteiger partial charge in [-0.05, 0) is 49.3 Å². The zero-order chi connectivity index (χ0) is 28.3. The van der Waals surface area contributed by atoms with E-state index >= 15 is 0 Å². The number of morpholine rings is 1.